The van der Waals surface area contributed by atoms with E-state index in [0.29, 0.717) is 12.8 Å². The Kier molecular flexibility index (Phi) is 7.09. The molecule has 0 amide bonds. The minimum atomic E-state index is -4.65. The molecule has 1 nitrogen and oxygen atoms in total. The van der Waals surface area contributed by atoms with E-state index in [0.717, 1.165) is 25.7 Å². The van der Waals surface area contributed by atoms with Crippen LogP contribution in [-0.2, 0) is 4.79 Å². The molecule has 0 aromatic rings. The monoisotopic (exact) mass is 222 g/mol. The quantitative estimate of drug-likeness (QED) is 0.447. The van der Waals surface area contributed by atoms with Crippen LogP contribution in [0.25, 0.3) is 0 Å². The number of alkyl halides is 3. The lowest BCUT2D eigenvalue weighted by atomic mass is 10.1. The molecule has 0 aliphatic rings. The van der Waals surface area contributed by atoms with E-state index in [1.807, 2.05) is 6.08 Å². The van der Waals surface area contributed by atoms with Crippen LogP contribution in [0.2, 0.25) is 0 Å². The predicted octanol–water partition coefficient (Wildman–Crippen LogP) is 4.03. The zero-order valence-electron chi connectivity index (χ0n) is 8.78. The van der Waals surface area contributed by atoms with Gasteiger partial charge in [0.05, 0.1) is 0 Å². The van der Waals surface area contributed by atoms with E-state index in [1.165, 1.54) is 0 Å². The van der Waals surface area contributed by atoms with Crippen LogP contribution < -0.4 is 0 Å². The van der Waals surface area contributed by atoms with Gasteiger partial charge in [-0.05, 0) is 19.3 Å². The van der Waals surface area contributed by atoms with Gasteiger partial charge in [0, 0.05) is 6.42 Å². The molecule has 0 aliphatic heterocycles. The van der Waals surface area contributed by atoms with Crippen molar-refractivity contribution in [3.8, 4) is 0 Å². The Morgan fingerprint density at radius 1 is 1.07 bits per heavy atom. The normalized spacial score (nSPS) is 11.4. The van der Waals surface area contributed by atoms with Gasteiger partial charge in [0.15, 0.2) is 0 Å². The minimum Gasteiger partial charge on any atom is -0.290 e. The van der Waals surface area contributed by atoms with Crippen molar-refractivity contribution in [3.05, 3.63) is 12.7 Å². The number of hydrogen-bond acceptors (Lipinski definition) is 1. The van der Waals surface area contributed by atoms with Crippen LogP contribution in [0, 0.1) is 0 Å². The molecule has 0 atom stereocenters. The third-order valence-electron chi connectivity index (χ3n) is 2.13. The fourth-order valence-corrected chi connectivity index (χ4v) is 1.25. The molecular formula is C11H17F3O. The number of unbranched alkanes of at least 4 members (excludes halogenated alkanes) is 5. The second-order valence-corrected chi connectivity index (χ2v) is 3.52. The third-order valence-corrected chi connectivity index (χ3v) is 2.13. The molecular weight excluding hydrogens is 205 g/mol. The Balaban J connectivity index is 3.32. The second kappa shape index (κ2) is 7.49. The summed E-state index contributed by atoms with van der Waals surface area (Å²) in [4.78, 5) is 10.5. The van der Waals surface area contributed by atoms with Gasteiger partial charge in [-0.15, -0.1) is 6.58 Å². The summed E-state index contributed by atoms with van der Waals surface area (Å²) in [5, 5.41) is 0. The fraction of sp³-hybridized carbons (Fsp3) is 0.727. The molecule has 15 heavy (non-hydrogen) atoms. The Hall–Kier alpha value is -0.800. The van der Waals surface area contributed by atoms with Crippen LogP contribution >= 0.6 is 0 Å². The van der Waals surface area contributed by atoms with Gasteiger partial charge in [0.25, 0.3) is 0 Å². The summed E-state index contributed by atoms with van der Waals surface area (Å²) < 4.78 is 35.3. The summed E-state index contributed by atoms with van der Waals surface area (Å²) >= 11 is 0. The molecule has 4 heteroatoms. The highest BCUT2D eigenvalue weighted by molar-refractivity contribution is 5.83. The first-order chi connectivity index (χ1) is 6.98. The summed E-state index contributed by atoms with van der Waals surface area (Å²) in [7, 11) is 0. The Morgan fingerprint density at radius 2 is 1.60 bits per heavy atom. The lowest BCUT2D eigenvalue weighted by molar-refractivity contribution is -0.171. The number of ketones is 1. The third kappa shape index (κ3) is 8.21. The van der Waals surface area contributed by atoms with Gasteiger partial charge in [0.1, 0.15) is 0 Å². The molecule has 0 spiro atoms. The van der Waals surface area contributed by atoms with E-state index >= 15 is 0 Å². The topological polar surface area (TPSA) is 17.1 Å². The molecule has 0 rings (SSSR count). The van der Waals surface area contributed by atoms with Gasteiger partial charge in [-0.1, -0.05) is 25.3 Å². The highest BCUT2D eigenvalue weighted by Gasteiger charge is 2.36. The van der Waals surface area contributed by atoms with E-state index in [-0.39, 0.29) is 6.42 Å². The SMILES string of the molecule is C=CCCCCCCCC(=O)C(F)(F)F. The summed E-state index contributed by atoms with van der Waals surface area (Å²) in [6.07, 6.45) is 1.69. The number of carbonyl (C=O) groups excluding carboxylic acids is 1. The van der Waals surface area contributed by atoms with Crippen molar-refractivity contribution < 1.29 is 18.0 Å². The van der Waals surface area contributed by atoms with Crippen LogP contribution in [0.5, 0.6) is 0 Å². The van der Waals surface area contributed by atoms with Crippen LogP contribution in [0.3, 0.4) is 0 Å². The summed E-state index contributed by atoms with van der Waals surface area (Å²) in [6, 6.07) is 0. The average molecular weight is 222 g/mol. The standard InChI is InChI=1S/C11H17F3O/c1-2-3-4-5-6-7-8-9-10(15)11(12,13)14/h2H,1,3-9H2. The van der Waals surface area contributed by atoms with Crippen molar-refractivity contribution in [2.24, 2.45) is 0 Å². The maximum absolute atomic E-state index is 11.8. The molecule has 0 radical (unpaired) electrons. The van der Waals surface area contributed by atoms with E-state index < -0.39 is 12.0 Å². The molecule has 0 aliphatic carbocycles. The smallest absolute Gasteiger partial charge is 0.290 e. The molecule has 88 valence electrons. The number of allylic oxidation sites excluding steroid dienone is 1. The number of Topliss-reactive ketones (excluding diaryl/α,β-unsaturated/α-hetero) is 1. The molecule has 0 aromatic carbocycles. The van der Waals surface area contributed by atoms with Gasteiger partial charge >= 0.3 is 6.18 Å². The largest absolute Gasteiger partial charge is 0.449 e. The molecule has 0 saturated carbocycles. The van der Waals surface area contributed by atoms with Gasteiger partial charge < -0.3 is 0 Å². The highest BCUT2D eigenvalue weighted by atomic mass is 19.4. The first-order valence-corrected chi connectivity index (χ1v) is 5.19. The first kappa shape index (κ1) is 14.2. The Bertz CT molecular complexity index is 196. The average Bonchev–Trinajstić information content (AvgIpc) is 2.14. The van der Waals surface area contributed by atoms with E-state index in [4.69, 9.17) is 0 Å². The Morgan fingerprint density at radius 3 is 2.13 bits per heavy atom. The van der Waals surface area contributed by atoms with Crippen LogP contribution in [0.4, 0.5) is 13.2 Å². The van der Waals surface area contributed by atoms with E-state index in [2.05, 4.69) is 6.58 Å². The molecule has 0 bridgehead atoms. The maximum atomic E-state index is 11.8. The summed E-state index contributed by atoms with van der Waals surface area (Å²) in [6.45, 7) is 3.58. The van der Waals surface area contributed by atoms with Gasteiger partial charge in [-0.3, -0.25) is 4.79 Å². The van der Waals surface area contributed by atoms with Gasteiger partial charge in [-0.25, -0.2) is 0 Å². The number of halogens is 3. The zero-order chi connectivity index (χ0) is 11.7. The lowest BCUT2D eigenvalue weighted by Gasteiger charge is -2.04. The second-order valence-electron chi connectivity index (χ2n) is 3.52. The van der Waals surface area contributed by atoms with Crippen molar-refractivity contribution >= 4 is 5.78 Å². The number of rotatable bonds is 8. The highest BCUT2D eigenvalue weighted by Crippen LogP contribution is 2.19. The molecule has 0 fully saturated rings. The van der Waals surface area contributed by atoms with Crippen molar-refractivity contribution in [1.82, 2.24) is 0 Å². The zero-order valence-corrected chi connectivity index (χ0v) is 8.78. The molecule has 0 saturated heterocycles. The first-order valence-electron chi connectivity index (χ1n) is 5.19. The summed E-state index contributed by atoms with van der Waals surface area (Å²) in [5.74, 6) is -1.60. The van der Waals surface area contributed by atoms with Crippen molar-refractivity contribution in [1.29, 1.82) is 0 Å². The van der Waals surface area contributed by atoms with E-state index in [9.17, 15) is 18.0 Å². The fourth-order valence-electron chi connectivity index (χ4n) is 1.25. The summed E-state index contributed by atoms with van der Waals surface area (Å²) in [5.41, 5.74) is 0. The van der Waals surface area contributed by atoms with Gasteiger partial charge in [0.2, 0.25) is 5.78 Å². The van der Waals surface area contributed by atoms with Crippen molar-refractivity contribution in [2.75, 3.05) is 0 Å². The van der Waals surface area contributed by atoms with Crippen LogP contribution in [0.15, 0.2) is 12.7 Å². The van der Waals surface area contributed by atoms with Gasteiger partial charge in [-0.2, -0.15) is 13.2 Å². The van der Waals surface area contributed by atoms with Crippen LogP contribution in [-0.4, -0.2) is 12.0 Å². The molecule has 0 aromatic heterocycles. The van der Waals surface area contributed by atoms with Crippen molar-refractivity contribution in [3.63, 3.8) is 0 Å². The number of carbonyl (C=O) groups is 1. The van der Waals surface area contributed by atoms with E-state index in [1.54, 1.807) is 0 Å². The molecule has 0 heterocycles. The molecule has 0 N–H and O–H groups in total. The molecule has 0 unspecified atom stereocenters. The lowest BCUT2D eigenvalue weighted by Crippen LogP contribution is -2.22. The predicted molar refractivity (Wildman–Crippen MR) is 53.6 cm³/mol. The Labute approximate surface area is 88.4 Å². The number of hydrogen-bond donors (Lipinski definition) is 0. The van der Waals surface area contributed by atoms with Crippen molar-refractivity contribution in [2.45, 2.75) is 51.1 Å². The van der Waals surface area contributed by atoms with Crippen LogP contribution in [0.1, 0.15) is 44.9 Å². The minimum absolute atomic E-state index is 0.340. The maximum Gasteiger partial charge on any atom is 0.449 e.